The minimum atomic E-state index is -3.65. The quantitative estimate of drug-likeness (QED) is 0.663. The van der Waals surface area contributed by atoms with Crippen molar-refractivity contribution < 1.29 is 8.42 Å². The predicted molar refractivity (Wildman–Crippen MR) is 98.9 cm³/mol. The molecule has 0 saturated carbocycles. The molecule has 1 heterocycles. The Morgan fingerprint density at radius 1 is 1.04 bits per heavy atom. The zero-order valence-corrected chi connectivity index (χ0v) is 15.5. The molecule has 4 nitrogen and oxygen atoms in total. The van der Waals surface area contributed by atoms with Crippen LogP contribution in [0.25, 0.3) is 10.9 Å². The number of fused-ring (bicyclic) bond motifs is 1. The van der Waals surface area contributed by atoms with Gasteiger partial charge in [0.2, 0.25) is 0 Å². The Morgan fingerprint density at radius 2 is 1.71 bits per heavy atom. The number of para-hydroxylation sites is 1. The van der Waals surface area contributed by atoms with Crippen molar-refractivity contribution in [3.05, 3.63) is 75.0 Å². The van der Waals surface area contributed by atoms with Crippen molar-refractivity contribution in [2.75, 3.05) is 0 Å². The van der Waals surface area contributed by atoms with Crippen LogP contribution in [0.4, 0.5) is 0 Å². The first kappa shape index (κ1) is 16.9. The van der Waals surface area contributed by atoms with E-state index in [1.54, 1.807) is 47.0 Å². The fourth-order valence-corrected chi connectivity index (χ4v) is 5.00. The van der Waals surface area contributed by atoms with E-state index >= 15 is 0 Å². The molecule has 0 bridgehead atoms. The van der Waals surface area contributed by atoms with E-state index in [9.17, 15) is 13.2 Å². The molecule has 0 atom stereocenters. The van der Waals surface area contributed by atoms with Crippen molar-refractivity contribution in [3.63, 3.8) is 0 Å². The first-order chi connectivity index (χ1) is 11.4. The lowest BCUT2D eigenvalue weighted by molar-refractivity contribution is 0.595. The molecule has 0 aliphatic carbocycles. The first-order valence-corrected chi connectivity index (χ1v) is 9.97. The van der Waals surface area contributed by atoms with Gasteiger partial charge < -0.3 is 4.57 Å². The zero-order valence-electron chi connectivity index (χ0n) is 13.1. The van der Waals surface area contributed by atoms with Gasteiger partial charge in [-0.1, -0.05) is 52.3 Å². The number of rotatable bonds is 4. The molecule has 3 rings (SSSR count). The number of hydrogen-bond donors (Lipinski definition) is 0. The molecule has 0 spiro atoms. The largest absolute Gasteiger partial charge is 0.308 e. The Kier molecular flexibility index (Phi) is 4.60. The normalized spacial score (nSPS) is 11.8. The highest BCUT2D eigenvalue weighted by molar-refractivity contribution is 9.10. The van der Waals surface area contributed by atoms with Crippen LogP contribution in [0.5, 0.6) is 0 Å². The molecule has 2 aromatic carbocycles. The van der Waals surface area contributed by atoms with E-state index in [1.807, 2.05) is 13.0 Å². The van der Waals surface area contributed by atoms with Crippen molar-refractivity contribution >= 4 is 36.7 Å². The highest BCUT2D eigenvalue weighted by Crippen LogP contribution is 2.26. The molecule has 0 aliphatic heterocycles. The molecule has 0 radical (unpaired) electrons. The second-order valence-corrected chi connectivity index (χ2v) is 8.27. The maximum Gasteiger partial charge on any atom is 0.252 e. The molecule has 0 unspecified atom stereocenters. The van der Waals surface area contributed by atoms with Gasteiger partial charge in [-0.3, -0.25) is 4.79 Å². The van der Waals surface area contributed by atoms with Crippen LogP contribution >= 0.6 is 15.9 Å². The molecule has 0 amide bonds. The number of aromatic nitrogens is 1. The Balaban J connectivity index is 2.22. The van der Waals surface area contributed by atoms with Gasteiger partial charge in [0.1, 0.15) is 0 Å². The standard InChI is InChI=1S/C18H16BrNO3S/c1-2-20-16-10-6-4-8-14(16)17(11-18(20)21)24(22,23)12-13-7-3-5-9-15(13)19/h3-11H,2,12H2,1H3. The number of sulfone groups is 1. The van der Waals surface area contributed by atoms with Gasteiger partial charge >= 0.3 is 0 Å². The van der Waals surface area contributed by atoms with Crippen LogP contribution in [0.15, 0.2) is 68.8 Å². The van der Waals surface area contributed by atoms with E-state index < -0.39 is 9.84 Å². The van der Waals surface area contributed by atoms with Gasteiger partial charge in [-0.2, -0.15) is 0 Å². The van der Waals surface area contributed by atoms with Gasteiger partial charge in [0.25, 0.3) is 5.56 Å². The summed E-state index contributed by atoms with van der Waals surface area (Å²) in [5, 5.41) is 0.575. The fourth-order valence-electron chi connectivity index (χ4n) is 2.79. The Bertz CT molecular complexity index is 1070. The summed E-state index contributed by atoms with van der Waals surface area (Å²) in [4.78, 5) is 12.4. The summed E-state index contributed by atoms with van der Waals surface area (Å²) in [5.41, 5.74) is 1.00. The monoisotopic (exact) mass is 405 g/mol. The van der Waals surface area contributed by atoms with E-state index in [2.05, 4.69) is 15.9 Å². The lowest BCUT2D eigenvalue weighted by atomic mass is 10.2. The SMILES string of the molecule is CCn1c(=O)cc(S(=O)(=O)Cc2ccccc2Br)c2ccccc21. The van der Waals surface area contributed by atoms with Crippen molar-refractivity contribution in [1.82, 2.24) is 4.57 Å². The summed E-state index contributed by atoms with van der Waals surface area (Å²) >= 11 is 3.38. The highest BCUT2D eigenvalue weighted by atomic mass is 79.9. The van der Waals surface area contributed by atoms with Gasteiger partial charge in [-0.15, -0.1) is 0 Å². The Labute approximate surface area is 148 Å². The van der Waals surface area contributed by atoms with Crippen LogP contribution in [0.3, 0.4) is 0 Å². The minimum absolute atomic E-state index is 0.0866. The van der Waals surface area contributed by atoms with E-state index in [1.165, 1.54) is 6.07 Å². The number of aryl methyl sites for hydroxylation is 1. The lowest BCUT2D eigenvalue weighted by Crippen LogP contribution is -2.21. The maximum atomic E-state index is 13.0. The predicted octanol–water partition coefficient (Wildman–Crippen LogP) is 3.76. The summed E-state index contributed by atoms with van der Waals surface area (Å²) in [6.07, 6.45) is 0. The second-order valence-electron chi connectivity index (χ2n) is 5.46. The van der Waals surface area contributed by atoms with Crippen molar-refractivity contribution in [3.8, 4) is 0 Å². The van der Waals surface area contributed by atoms with Gasteiger partial charge in [0, 0.05) is 22.5 Å². The molecule has 6 heteroatoms. The first-order valence-electron chi connectivity index (χ1n) is 7.53. The summed E-state index contributed by atoms with van der Waals surface area (Å²) in [5.74, 6) is -0.159. The molecule has 24 heavy (non-hydrogen) atoms. The lowest BCUT2D eigenvalue weighted by Gasteiger charge is -2.13. The molecular formula is C18H16BrNO3S. The van der Waals surface area contributed by atoms with E-state index in [-0.39, 0.29) is 16.2 Å². The molecule has 1 aromatic heterocycles. The van der Waals surface area contributed by atoms with Gasteiger partial charge in [-0.25, -0.2) is 8.42 Å². The van der Waals surface area contributed by atoms with Gasteiger partial charge in [0.05, 0.1) is 16.2 Å². The number of hydrogen-bond acceptors (Lipinski definition) is 3. The number of halogens is 1. The van der Waals surface area contributed by atoms with Crippen LogP contribution in [-0.4, -0.2) is 13.0 Å². The van der Waals surface area contributed by atoms with E-state index in [0.29, 0.717) is 23.0 Å². The third-order valence-electron chi connectivity index (χ3n) is 3.94. The molecule has 0 aliphatic rings. The molecule has 124 valence electrons. The summed E-state index contributed by atoms with van der Waals surface area (Å²) in [6, 6.07) is 15.5. The smallest absolute Gasteiger partial charge is 0.252 e. The zero-order chi connectivity index (χ0) is 17.3. The van der Waals surface area contributed by atoms with Crippen LogP contribution in [0, 0.1) is 0 Å². The third-order valence-corrected chi connectivity index (χ3v) is 6.41. The average Bonchev–Trinajstić information content (AvgIpc) is 2.56. The molecule has 0 fully saturated rings. The maximum absolute atomic E-state index is 13.0. The third kappa shape index (κ3) is 3.03. The summed E-state index contributed by atoms with van der Waals surface area (Å²) in [7, 11) is -3.65. The highest BCUT2D eigenvalue weighted by Gasteiger charge is 2.21. The molecule has 3 aromatic rings. The number of benzene rings is 2. The molecule has 0 N–H and O–H groups in total. The van der Waals surface area contributed by atoms with Crippen molar-refractivity contribution in [1.29, 1.82) is 0 Å². The van der Waals surface area contributed by atoms with Crippen molar-refractivity contribution in [2.45, 2.75) is 24.1 Å². The van der Waals surface area contributed by atoms with Crippen LogP contribution < -0.4 is 5.56 Å². The topological polar surface area (TPSA) is 56.1 Å². The Hall–Kier alpha value is -1.92. The minimum Gasteiger partial charge on any atom is -0.308 e. The Morgan fingerprint density at radius 3 is 2.42 bits per heavy atom. The van der Waals surface area contributed by atoms with Crippen molar-refractivity contribution in [2.24, 2.45) is 0 Å². The summed E-state index contributed by atoms with van der Waals surface area (Å²) < 4.78 is 28.2. The second kappa shape index (κ2) is 6.53. The van der Waals surface area contributed by atoms with Gasteiger partial charge in [-0.05, 0) is 24.6 Å². The molecular weight excluding hydrogens is 390 g/mol. The van der Waals surface area contributed by atoms with Crippen LogP contribution in [0.2, 0.25) is 0 Å². The van der Waals surface area contributed by atoms with Crippen LogP contribution in [-0.2, 0) is 22.1 Å². The summed E-state index contributed by atoms with van der Waals surface area (Å²) in [6.45, 7) is 2.35. The number of pyridine rings is 1. The fraction of sp³-hybridized carbons (Fsp3) is 0.167. The number of nitrogens with zero attached hydrogens (tertiary/aromatic N) is 1. The average molecular weight is 406 g/mol. The van der Waals surface area contributed by atoms with Crippen LogP contribution in [0.1, 0.15) is 12.5 Å². The van der Waals surface area contributed by atoms with E-state index in [4.69, 9.17) is 0 Å². The molecule has 0 saturated heterocycles. The van der Waals surface area contributed by atoms with E-state index in [0.717, 1.165) is 4.47 Å². The van der Waals surface area contributed by atoms with Gasteiger partial charge in [0.15, 0.2) is 9.84 Å².